The van der Waals surface area contributed by atoms with Gasteiger partial charge >= 0.3 is 0 Å². The minimum atomic E-state index is -0.855. The van der Waals surface area contributed by atoms with E-state index in [1.807, 2.05) is 38.1 Å². The molecule has 1 N–H and O–H groups in total. The van der Waals surface area contributed by atoms with E-state index in [2.05, 4.69) is 5.32 Å². The third-order valence-electron chi connectivity index (χ3n) is 3.37. The Hall–Kier alpha value is -2.23. The Morgan fingerprint density at radius 3 is 2.38 bits per heavy atom. The van der Waals surface area contributed by atoms with E-state index in [1.54, 1.807) is 0 Å². The van der Waals surface area contributed by atoms with Gasteiger partial charge in [-0.25, -0.2) is 8.78 Å². The van der Waals surface area contributed by atoms with Crippen molar-refractivity contribution < 1.29 is 13.6 Å². The fourth-order valence-electron chi connectivity index (χ4n) is 2.13. The van der Waals surface area contributed by atoms with Gasteiger partial charge in [-0.3, -0.25) is 4.79 Å². The lowest BCUT2D eigenvalue weighted by molar-refractivity contribution is 0.0931. The first-order chi connectivity index (χ1) is 10.0. The molecule has 2 nitrogen and oxygen atoms in total. The van der Waals surface area contributed by atoms with Crippen molar-refractivity contribution in [3.05, 3.63) is 70.8 Å². The molecule has 0 aliphatic heterocycles. The zero-order valence-corrected chi connectivity index (χ0v) is 12.0. The summed E-state index contributed by atoms with van der Waals surface area (Å²) in [5, 5.41) is 2.78. The monoisotopic (exact) mass is 289 g/mol. The van der Waals surface area contributed by atoms with E-state index in [4.69, 9.17) is 0 Å². The predicted octanol–water partition coefficient (Wildman–Crippen LogP) is 4.15. The summed E-state index contributed by atoms with van der Waals surface area (Å²) < 4.78 is 26.5. The van der Waals surface area contributed by atoms with Crippen molar-refractivity contribution in [3.8, 4) is 0 Å². The number of amides is 1. The molecule has 2 aromatic carbocycles. The van der Waals surface area contributed by atoms with Crippen molar-refractivity contribution in [2.75, 3.05) is 0 Å². The quantitative estimate of drug-likeness (QED) is 0.900. The Morgan fingerprint density at radius 2 is 1.81 bits per heavy atom. The third kappa shape index (κ3) is 3.66. The molecular weight excluding hydrogens is 272 g/mol. The lowest BCUT2D eigenvalue weighted by Gasteiger charge is -2.18. The molecule has 2 rings (SSSR count). The van der Waals surface area contributed by atoms with E-state index in [0.717, 1.165) is 23.3 Å². The first-order valence-corrected chi connectivity index (χ1v) is 6.83. The van der Waals surface area contributed by atoms with Crippen LogP contribution in [0.15, 0.2) is 42.5 Å². The van der Waals surface area contributed by atoms with Gasteiger partial charge in [0, 0.05) is 6.07 Å². The summed E-state index contributed by atoms with van der Waals surface area (Å²) in [4.78, 5) is 12.1. The van der Waals surface area contributed by atoms with Gasteiger partial charge in [0.1, 0.15) is 11.6 Å². The zero-order chi connectivity index (χ0) is 15.4. The normalized spacial score (nSPS) is 12.0. The molecule has 21 heavy (non-hydrogen) atoms. The molecule has 1 atom stereocenters. The van der Waals surface area contributed by atoms with Crippen LogP contribution < -0.4 is 5.32 Å². The van der Waals surface area contributed by atoms with Crippen molar-refractivity contribution >= 4 is 5.91 Å². The van der Waals surface area contributed by atoms with Crippen LogP contribution in [0.4, 0.5) is 8.78 Å². The molecule has 1 unspecified atom stereocenters. The van der Waals surface area contributed by atoms with Crippen molar-refractivity contribution in [1.29, 1.82) is 0 Å². The lowest BCUT2D eigenvalue weighted by atomic mass is 10.0. The molecule has 0 saturated heterocycles. The lowest BCUT2D eigenvalue weighted by Crippen LogP contribution is -2.28. The Bertz CT molecular complexity index is 638. The topological polar surface area (TPSA) is 29.1 Å². The molecule has 4 heteroatoms. The van der Waals surface area contributed by atoms with Gasteiger partial charge in [-0.05, 0) is 31.0 Å². The molecule has 0 bridgehead atoms. The number of rotatable bonds is 4. The predicted molar refractivity (Wildman–Crippen MR) is 78.0 cm³/mol. The number of carbonyl (C=O) groups excluding carboxylic acids is 1. The number of hydrogen-bond acceptors (Lipinski definition) is 1. The van der Waals surface area contributed by atoms with E-state index in [-0.39, 0.29) is 11.6 Å². The summed E-state index contributed by atoms with van der Waals surface area (Å²) in [6.45, 7) is 3.92. The van der Waals surface area contributed by atoms with Gasteiger partial charge in [0.2, 0.25) is 0 Å². The highest BCUT2D eigenvalue weighted by Crippen LogP contribution is 2.18. The second-order valence-electron chi connectivity index (χ2n) is 4.97. The number of carbonyl (C=O) groups is 1. The number of benzene rings is 2. The highest BCUT2D eigenvalue weighted by atomic mass is 19.1. The minimum absolute atomic E-state index is 0.151. The van der Waals surface area contributed by atoms with E-state index in [1.165, 1.54) is 0 Å². The molecule has 0 spiro atoms. The fourth-order valence-corrected chi connectivity index (χ4v) is 2.13. The molecule has 2 aromatic rings. The summed E-state index contributed by atoms with van der Waals surface area (Å²) >= 11 is 0. The van der Waals surface area contributed by atoms with Crippen molar-refractivity contribution in [3.63, 3.8) is 0 Å². The summed E-state index contributed by atoms with van der Waals surface area (Å²) in [6.07, 6.45) is 0.678. The van der Waals surface area contributed by atoms with E-state index >= 15 is 0 Å². The largest absolute Gasteiger partial charge is 0.345 e. The molecular formula is C17H17F2NO. The van der Waals surface area contributed by atoms with Crippen LogP contribution in [0, 0.1) is 18.6 Å². The van der Waals surface area contributed by atoms with Crippen LogP contribution in [0.3, 0.4) is 0 Å². The van der Waals surface area contributed by atoms with Gasteiger partial charge in [-0.2, -0.15) is 0 Å². The second kappa shape index (κ2) is 6.48. The Morgan fingerprint density at radius 1 is 1.14 bits per heavy atom. The maximum atomic E-state index is 13.6. The van der Waals surface area contributed by atoms with E-state index < -0.39 is 17.5 Å². The molecule has 0 aliphatic carbocycles. The van der Waals surface area contributed by atoms with Gasteiger partial charge in [0.15, 0.2) is 0 Å². The number of nitrogens with one attached hydrogen (secondary N) is 1. The van der Waals surface area contributed by atoms with E-state index in [0.29, 0.717) is 12.5 Å². The molecule has 0 aliphatic rings. The SMILES string of the molecule is CCC(NC(=O)c1ccc(F)cc1F)c1ccc(C)cc1. The molecule has 0 aromatic heterocycles. The molecule has 0 radical (unpaired) electrons. The van der Waals surface area contributed by atoms with Gasteiger partial charge in [-0.1, -0.05) is 36.8 Å². The highest BCUT2D eigenvalue weighted by Gasteiger charge is 2.17. The standard InChI is InChI=1S/C17H17F2NO/c1-3-16(12-6-4-11(2)5-7-12)20-17(21)14-9-8-13(18)10-15(14)19/h4-10,16H,3H2,1-2H3,(H,20,21). The van der Waals surface area contributed by atoms with Crippen LogP contribution >= 0.6 is 0 Å². The van der Waals surface area contributed by atoms with Crippen molar-refractivity contribution in [2.24, 2.45) is 0 Å². The van der Waals surface area contributed by atoms with E-state index in [9.17, 15) is 13.6 Å². The van der Waals surface area contributed by atoms with Gasteiger partial charge < -0.3 is 5.32 Å². The molecule has 0 saturated carbocycles. The zero-order valence-electron chi connectivity index (χ0n) is 12.0. The Kier molecular flexibility index (Phi) is 4.68. The smallest absolute Gasteiger partial charge is 0.254 e. The van der Waals surface area contributed by atoms with Crippen LogP contribution in [0.2, 0.25) is 0 Å². The number of hydrogen-bond donors (Lipinski definition) is 1. The van der Waals surface area contributed by atoms with Crippen LogP contribution in [0.25, 0.3) is 0 Å². The van der Waals surface area contributed by atoms with Gasteiger partial charge in [0.05, 0.1) is 11.6 Å². The van der Waals surface area contributed by atoms with Crippen LogP contribution in [0.1, 0.15) is 40.9 Å². The maximum Gasteiger partial charge on any atom is 0.254 e. The summed E-state index contributed by atoms with van der Waals surface area (Å²) in [6, 6.07) is 10.5. The molecule has 1 amide bonds. The first kappa shape index (κ1) is 15.2. The third-order valence-corrected chi connectivity index (χ3v) is 3.37. The van der Waals surface area contributed by atoms with Crippen molar-refractivity contribution in [1.82, 2.24) is 5.32 Å². The summed E-state index contributed by atoms with van der Waals surface area (Å²) in [7, 11) is 0. The van der Waals surface area contributed by atoms with Crippen LogP contribution in [-0.4, -0.2) is 5.91 Å². The van der Waals surface area contributed by atoms with Gasteiger partial charge in [-0.15, -0.1) is 0 Å². The highest BCUT2D eigenvalue weighted by molar-refractivity contribution is 5.94. The summed E-state index contributed by atoms with van der Waals surface area (Å²) in [5.74, 6) is -2.10. The minimum Gasteiger partial charge on any atom is -0.345 e. The average molecular weight is 289 g/mol. The van der Waals surface area contributed by atoms with Crippen molar-refractivity contribution in [2.45, 2.75) is 26.3 Å². The van der Waals surface area contributed by atoms with Crippen LogP contribution in [-0.2, 0) is 0 Å². The number of aryl methyl sites for hydroxylation is 1. The maximum absolute atomic E-state index is 13.6. The van der Waals surface area contributed by atoms with Gasteiger partial charge in [0.25, 0.3) is 5.91 Å². The Balaban J connectivity index is 2.18. The molecule has 0 heterocycles. The molecule has 0 fully saturated rings. The fraction of sp³-hybridized carbons (Fsp3) is 0.235. The summed E-state index contributed by atoms with van der Waals surface area (Å²) in [5.41, 5.74) is 1.94. The van der Waals surface area contributed by atoms with Crippen LogP contribution in [0.5, 0.6) is 0 Å². The Labute approximate surface area is 122 Å². The first-order valence-electron chi connectivity index (χ1n) is 6.83. The number of halogens is 2. The molecule has 110 valence electrons. The second-order valence-corrected chi connectivity index (χ2v) is 4.97. The average Bonchev–Trinajstić information content (AvgIpc) is 2.45.